The number of hydrogen-bond donors (Lipinski definition) is 1. The SMILES string of the molecule is CCOC(=O)C(N)c1ccccc1.[Cl-]. The number of rotatable bonds is 3. The smallest absolute Gasteiger partial charge is 0.327 e. The first-order valence-electron chi connectivity index (χ1n) is 4.23. The molecule has 14 heavy (non-hydrogen) atoms. The molecule has 1 aromatic rings. The highest BCUT2D eigenvalue weighted by molar-refractivity contribution is 5.77. The summed E-state index contributed by atoms with van der Waals surface area (Å²) in [5.41, 5.74) is 6.43. The molecule has 3 nitrogen and oxygen atoms in total. The minimum absolute atomic E-state index is 0. The van der Waals surface area contributed by atoms with Gasteiger partial charge in [-0.25, -0.2) is 4.79 Å². The van der Waals surface area contributed by atoms with Gasteiger partial charge in [-0.15, -0.1) is 0 Å². The minimum Gasteiger partial charge on any atom is -1.00 e. The van der Waals surface area contributed by atoms with Crippen LogP contribution in [0.15, 0.2) is 30.3 Å². The standard InChI is InChI=1S/C10H13NO2.ClH/c1-2-13-10(12)9(11)8-6-4-3-5-7-8;/h3-7,9H,2,11H2,1H3;1H/p-1. The zero-order valence-electron chi connectivity index (χ0n) is 7.94. The lowest BCUT2D eigenvalue weighted by atomic mass is 10.1. The minimum atomic E-state index is -0.666. The number of esters is 1. The maximum absolute atomic E-state index is 11.2. The van der Waals surface area contributed by atoms with Gasteiger partial charge in [0.25, 0.3) is 0 Å². The maximum Gasteiger partial charge on any atom is 0.327 e. The molecule has 0 fully saturated rings. The van der Waals surface area contributed by atoms with E-state index in [2.05, 4.69) is 0 Å². The molecule has 1 atom stereocenters. The molecule has 0 spiro atoms. The number of halogens is 1. The van der Waals surface area contributed by atoms with E-state index in [1.54, 1.807) is 6.92 Å². The van der Waals surface area contributed by atoms with Gasteiger partial charge in [0, 0.05) is 0 Å². The summed E-state index contributed by atoms with van der Waals surface area (Å²) in [6.07, 6.45) is 0. The van der Waals surface area contributed by atoms with Crippen LogP contribution in [0.3, 0.4) is 0 Å². The van der Waals surface area contributed by atoms with E-state index in [9.17, 15) is 4.79 Å². The van der Waals surface area contributed by atoms with Crippen LogP contribution in [0.2, 0.25) is 0 Å². The van der Waals surface area contributed by atoms with Crippen LogP contribution in [0, 0.1) is 0 Å². The van der Waals surface area contributed by atoms with Crippen LogP contribution >= 0.6 is 0 Å². The number of ether oxygens (including phenoxy) is 1. The molecule has 2 N–H and O–H groups in total. The van der Waals surface area contributed by atoms with Crippen LogP contribution in [-0.2, 0) is 9.53 Å². The Balaban J connectivity index is 0.00000169. The van der Waals surface area contributed by atoms with E-state index in [4.69, 9.17) is 10.5 Å². The van der Waals surface area contributed by atoms with Crippen molar-refractivity contribution in [2.45, 2.75) is 13.0 Å². The average molecular weight is 215 g/mol. The first-order chi connectivity index (χ1) is 6.25. The first-order valence-corrected chi connectivity index (χ1v) is 4.23. The van der Waals surface area contributed by atoms with Crippen molar-refractivity contribution in [3.8, 4) is 0 Å². The predicted molar refractivity (Wildman–Crippen MR) is 50.0 cm³/mol. The molecule has 0 aliphatic rings. The van der Waals surface area contributed by atoms with E-state index in [1.807, 2.05) is 30.3 Å². The molecule has 0 saturated heterocycles. The van der Waals surface area contributed by atoms with Crippen LogP contribution in [0.25, 0.3) is 0 Å². The van der Waals surface area contributed by atoms with Crippen LogP contribution in [-0.4, -0.2) is 12.6 Å². The number of benzene rings is 1. The molecule has 0 aliphatic carbocycles. The molecule has 1 unspecified atom stereocenters. The summed E-state index contributed by atoms with van der Waals surface area (Å²) in [6, 6.07) is 8.51. The Bertz CT molecular complexity index is 277. The third-order valence-electron chi connectivity index (χ3n) is 1.70. The Labute approximate surface area is 89.7 Å². The summed E-state index contributed by atoms with van der Waals surface area (Å²) in [7, 11) is 0. The van der Waals surface area contributed by atoms with Gasteiger partial charge in [0.05, 0.1) is 6.61 Å². The van der Waals surface area contributed by atoms with Crippen molar-refractivity contribution in [1.29, 1.82) is 0 Å². The molecule has 1 aromatic carbocycles. The summed E-state index contributed by atoms with van der Waals surface area (Å²) in [5.74, 6) is -0.381. The summed E-state index contributed by atoms with van der Waals surface area (Å²) in [6.45, 7) is 2.12. The van der Waals surface area contributed by atoms with Crippen molar-refractivity contribution in [3.63, 3.8) is 0 Å². The molecule has 0 aromatic heterocycles. The van der Waals surface area contributed by atoms with Crippen LogP contribution in [0.4, 0.5) is 0 Å². The molecule has 78 valence electrons. The molecule has 1 rings (SSSR count). The average Bonchev–Trinajstić information content (AvgIpc) is 2.18. The first kappa shape index (κ1) is 12.9. The molecular formula is C10H13ClNO2-. The second-order valence-electron chi connectivity index (χ2n) is 2.64. The lowest BCUT2D eigenvalue weighted by molar-refractivity contribution is -0.144. The van der Waals surface area contributed by atoms with Gasteiger partial charge in [-0.1, -0.05) is 30.3 Å². The maximum atomic E-state index is 11.2. The van der Waals surface area contributed by atoms with Gasteiger partial charge in [-0.05, 0) is 12.5 Å². The van der Waals surface area contributed by atoms with E-state index in [0.29, 0.717) is 6.61 Å². The summed E-state index contributed by atoms with van der Waals surface area (Å²) in [5, 5.41) is 0. The Kier molecular flexibility index (Phi) is 5.92. The van der Waals surface area contributed by atoms with E-state index in [0.717, 1.165) is 5.56 Å². The van der Waals surface area contributed by atoms with Gasteiger partial charge in [0.1, 0.15) is 6.04 Å². The van der Waals surface area contributed by atoms with Crippen molar-refractivity contribution in [3.05, 3.63) is 35.9 Å². The zero-order valence-corrected chi connectivity index (χ0v) is 8.70. The van der Waals surface area contributed by atoms with Crippen molar-refractivity contribution >= 4 is 5.97 Å². The fourth-order valence-corrected chi connectivity index (χ4v) is 1.03. The van der Waals surface area contributed by atoms with Gasteiger partial charge in [-0.3, -0.25) is 0 Å². The third-order valence-corrected chi connectivity index (χ3v) is 1.70. The Morgan fingerprint density at radius 2 is 2.00 bits per heavy atom. The Hall–Kier alpha value is -1.06. The largest absolute Gasteiger partial charge is 1.00 e. The fourth-order valence-electron chi connectivity index (χ4n) is 1.03. The molecule has 0 saturated carbocycles. The molecule has 0 radical (unpaired) electrons. The Morgan fingerprint density at radius 3 is 2.50 bits per heavy atom. The molecule has 4 heteroatoms. The summed E-state index contributed by atoms with van der Waals surface area (Å²) >= 11 is 0. The van der Waals surface area contributed by atoms with Gasteiger partial charge in [0.2, 0.25) is 0 Å². The van der Waals surface area contributed by atoms with Gasteiger partial charge >= 0.3 is 5.97 Å². The van der Waals surface area contributed by atoms with Crippen LogP contribution < -0.4 is 18.1 Å². The summed E-state index contributed by atoms with van der Waals surface area (Å²) in [4.78, 5) is 11.2. The van der Waals surface area contributed by atoms with Crippen LogP contribution in [0.1, 0.15) is 18.5 Å². The highest BCUT2D eigenvalue weighted by Crippen LogP contribution is 2.10. The highest BCUT2D eigenvalue weighted by Gasteiger charge is 2.15. The predicted octanol–water partition coefficient (Wildman–Crippen LogP) is -1.75. The number of carbonyl (C=O) groups is 1. The fraction of sp³-hybridized carbons (Fsp3) is 0.300. The van der Waals surface area contributed by atoms with Gasteiger partial charge < -0.3 is 22.9 Å². The lowest BCUT2D eigenvalue weighted by Crippen LogP contribution is -3.00. The molecular weight excluding hydrogens is 202 g/mol. The number of carbonyl (C=O) groups excluding carboxylic acids is 1. The van der Waals surface area contributed by atoms with Gasteiger partial charge in [0.15, 0.2) is 0 Å². The number of hydrogen-bond acceptors (Lipinski definition) is 3. The molecule has 0 bridgehead atoms. The molecule has 0 aliphatic heterocycles. The van der Waals surface area contributed by atoms with Crippen molar-refractivity contribution in [2.75, 3.05) is 6.61 Å². The van der Waals surface area contributed by atoms with Crippen molar-refractivity contribution < 1.29 is 21.9 Å². The lowest BCUT2D eigenvalue weighted by Gasteiger charge is -2.09. The highest BCUT2D eigenvalue weighted by atomic mass is 35.5. The monoisotopic (exact) mass is 214 g/mol. The molecule has 0 amide bonds. The second-order valence-corrected chi connectivity index (χ2v) is 2.64. The van der Waals surface area contributed by atoms with E-state index >= 15 is 0 Å². The third kappa shape index (κ3) is 3.36. The number of nitrogens with two attached hydrogens (primary N) is 1. The van der Waals surface area contributed by atoms with Crippen LogP contribution in [0.5, 0.6) is 0 Å². The normalized spacial score (nSPS) is 11.3. The van der Waals surface area contributed by atoms with Crippen molar-refractivity contribution in [2.24, 2.45) is 5.73 Å². The topological polar surface area (TPSA) is 52.3 Å². The zero-order chi connectivity index (χ0) is 9.68. The summed E-state index contributed by atoms with van der Waals surface area (Å²) < 4.78 is 4.79. The van der Waals surface area contributed by atoms with Gasteiger partial charge in [-0.2, -0.15) is 0 Å². The Morgan fingerprint density at radius 1 is 1.43 bits per heavy atom. The van der Waals surface area contributed by atoms with E-state index in [1.165, 1.54) is 0 Å². The second kappa shape index (κ2) is 6.40. The van der Waals surface area contributed by atoms with E-state index in [-0.39, 0.29) is 18.4 Å². The molecule has 0 heterocycles. The van der Waals surface area contributed by atoms with E-state index < -0.39 is 6.04 Å². The van der Waals surface area contributed by atoms with Crippen molar-refractivity contribution in [1.82, 2.24) is 0 Å². The quantitative estimate of drug-likeness (QED) is 0.608.